The number of fused-ring (bicyclic) bond motifs is 2. The summed E-state index contributed by atoms with van der Waals surface area (Å²) in [4.78, 5) is 10.7. The molecule has 6 nitrogen and oxygen atoms in total. The van der Waals surface area contributed by atoms with E-state index in [9.17, 15) is 4.79 Å². The molecule has 0 spiro atoms. The van der Waals surface area contributed by atoms with E-state index in [0.717, 1.165) is 48.9 Å². The summed E-state index contributed by atoms with van der Waals surface area (Å²) in [5.74, 6) is 0.237. The fraction of sp³-hybridized carbons (Fsp3) is 0.526. The van der Waals surface area contributed by atoms with Crippen molar-refractivity contribution in [1.82, 2.24) is 15.8 Å². The fourth-order valence-electron chi connectivity index (χ4n) is 3.24. The zero-order valence-corrected chi connectivity index (χ0v) is 15.8. The largest absolute Gasteiger partial charge is 0.495 e. The molecule has 0 amide bonds. The lowest BCUT2D eigenvalue weighted by molar-refractivity contribution is -0.133. The number of halogens is 1. The van der Waals surface area contributed by atoms with Crippen LogP contribution in [0.2, 0.25) is 5.02 Å². The topological polar surface area (TPSA) is 73.8 Å². The Morgan fingerprint density at radius 3 is 2.92 bits per heavy atom. The first-order chi connectivity index (χ1) is 12.6. The summed E-state index contributed by atoms with van der Waals surface area (Å²) in [6.07, 6.45) is 5.33. The van der Waals surface area contributed by atoms with Gasteiger partial charge in [0.1, 0.15) is 5.75 Å². The quantitative estimate of drug-likeness (QED) is 0.729. The summed E-state index contributed by atoms with van der Waals surface area (Å²) in [7, 11) is 1.64. The van der Waals surface area contributed by atoms with Crippen LogP contribution in [0.1, 0.15) is 24.8 Å². The third-order valence-corrected chi connectivity index (χ3v) is 5.34. The van der Waals surface area contributed by atoms with Crippen LogP contribution >= 0.6 is 11.6 Å². The van der Waals surface area contributed by atoms with Crippen LogP contribution in [-0.4, -0.2) is 48.9 Å². The number of carbonyl (C=O) groups is 1. The summed E-state index contributed by atoms with van der Waals surface area (Å²) in [6.45, 7) is 3.30. The highest BCUT2D eigenvalue weighted by atomic mass is 35.5. The first kappa shape index (κ1) is 19.2. The van der Waals surface area contributed by atoms with E-state index in [4.69, 9.17) is 21.4 Å². The van der Waals surface area contributed by atoms with E-state index in [2.05, 4.69) is 15.8 Å². The molecule has 1 aliphatic carbocycles. The Balaban J connectivity index is 0.000000152. The maximum absolute atomic E-state index is 10.7. The molecule has 2 atom stereocenters. The minimum absolute atomic E-state index is 0.234. The van der Waals surface area contributed by atoms with Gasteiger partial charge in [0.15, 0.2) is 0 Å². The SMILES string of the molecule is COc1cccc(CNC2CC2)c1Cl.O=C(O)C1=CCN2CC1CCN2. The molecule has 2 fully saturated rings. The monoisotopic (exact) mass is 379 g/mol. The zero-order chi connectivity index (χ0) is 18.5. The van der Waals surface area contributed by atoms with E-state index < -0.39 is 5.97 Å². The van der Waals surface area contributed by atoms with Crippen molar-refractivity contribution < 1.29 is 14.6 Å². The molecule has 26 heavy (non-hydrogen) atoms. The summed E-state index contributed by atoms with van der Waals surface area (Å²) < 4.78 is 5.15. The molecule has 3 aliphatic rings. The van der Waals surface area contributed by atoms with Crippen LogP contribution in [-0.2, 0) is 11.3 Å². The molecular formula is C19H26ClN3O3. The average Bonchev–Trinajstić information content (AvgIpc) is 3.46. The molecule has 142 valence electrons. The second-order valence-corrected chi connectivity index (χ2v) is 7.23. The van der Waals surface area contributed by atoms with E-state index in [1.807, 2.05) is 24.3 Å². The van der Waals surface area contributed by atoms with Crippen LogP contribution < -0.4 is 15.5 Å². The zero-order valence-electron chi connectivity index (χ0n) is 15.0. The lowest BCUT2D eigenvalue weighted by Crippen LogP contribution is -2.50. The van der Waals surface area contributed by atoms with Gasteiger partial charge in [0, 0.05) is 43.7 Å². The van der Waals surface area contributed by atoms with Gasteiger partial charge in [-0.25, -0.2) is 9.80 Å². The molecular weight excluding hydrogens is 354 g/mol. The van der Waals surface area contributed by atoms with Crippen molar-refractivity contribution in [2.75, 3.05) is 26.7 Å². The third kappa shape index (κ3) is 4.98. The normalized spacial score (nSPS) is 24.2. The van der Waals surface area contributed by atoms with Crippen molar-refractivity contribution in [2.45, 2.75) is 31.8 Å². The number of nitrogens with zero attached hydrogens (tertiary/aromatic N) is 1. The molecule has 1 saturated carbocycles. The Kier molecular flexibility index (Phi) is 6.53. The van der Waals surface area contributed by atoms with Gasteiger partial charge < -0.3 is 15.2 Å². The van der Waals surface area contributed by atoms with Gasteiger partial charge in [-0.2, -0.15) is 0 Å². The molecule has 0 aromatic heterocycles. The predicted molar refractivity (Wildman–Crippen MR) is 101 cm³/mol. The molecule has 1 saturated heterocycles. The molecule has 2 unspecified atom stereocenters. The predicted octanol–water partition coefficient (Wildman–Crippen LogP) is 2.44. The van der Waals surface area contributed by atoms with E-state index in [1.165, 1.54) is 12.8 Å². The van der Waals surface area contributed by atoms with Gasteiger partial charge in [-0.3, -0.25) is 5.43 Å². The van der Waals surface area contributed by atoms with E-state index in [0.29, 0.717) is 11.6 Å². The molecule has 3 N–H and O–H groups in total. The van der Waals surface area contributed by atoms with E-state index >= 15 is 0 Å². The Morgan fingerprint density at radius 2 is 2.23 bits per heavy atom. The van der Waals surface area contributed by atoms with Crippen LogP contribution in [0.15, 0.2) is 29.8 Å². The van der Waals surface area contributed by atoms with E-state index in [-0.39, 0.29) is 5.92 Å². The number of hydrogen-bond donors (Lipinski definition) is 3. The van der Waals surface area contributed by atoms with Crippen LogP contribution in [0.4, 0.5) is 0 Å². The molecule has 0 radical (unpaired) electrons. The van der Waals surface area contributed by atoms with Gasteiger partial charge in [-0.05, 0) is 30.9 Å². The Labute approximate surface area is 159 Å². The van der Waals surface area contributed by atoms with Crippen LogP contribution in [0, 0.1) is 5.92 Å². The third-order valence-electron chi connectivity index (χ3n) is 4.91. The van der Waals surface area contributed by atoms with Gasteiger partial charge in [0.05, 0.1) is 12.1 Å². The number of rotatable bonds is 5. The van der Waals surface area contributed by atoms with Crippen molar-refractivity contribution in [3.8, 4) is 5.75 Å². The first-order valence-electron chi connectivity index (χ1n) is 9.05. The summed E-state index contributed by atoms with van der Waals surface area (Å²) >= 11 is 6.15. The van der Waals surface area contributed by atoms with Crippen molar-refractivity contribution in [1.29, 1.82) is 0 Å². The van der Waals surface area contributed by atoms with Crippen molar-refractivity contribution in [2.24, 2.45) is 5.92 Å². The minimum Gasteiger partial charge on any atom is -0.495 e. The van der Waals surface area contributed by atoms with Crippen molar-refractivity contribution >= 4 is 17.6 Å². The first-order valence-corrected chi connectivity index (χ1v) is 9.43. The number of methoxy groups -OCH3 is 1. The van der Waals surface area contributed by atoms with Gasteiger partial charge in [-0.1, -0.05) is 29.8 Å². The molecule has 1 aromatic carbocycles. The number of carboxylic acids is 1. The number of hydrazine groups is 1. The molecule has 2 aliphatic heterocycles. The maximum Gasteiger partial charge on any atom is 0.331 e. The number of ether oxygens (including phenoxy) is 1. The smallest absolute Gasteiger partial charge is 0.331 e. The molecule has 4 rings (SSSR count). The van der Waals surface area contributed by atoms with Gasteiger partial charge in [-0.15, -0.1) is 0 Å². The summed E-state index contributed by atoms with van der Waals surface area (Å²) in [5, 5.41) is 15.1. The average molecular weight is 380 g/mol. The van der Waals surface area contributed by atoms with Crippen molar-refractivity contribution in [3.05, 3.63) is 40.4 Å². The molecule has 1 aromatic rings. The van der Waals surface area contributed by atoms with Gasteiger partial charge in [0.2, 0.25) is 0 Å². The lowest BCUT2D eigenvalue weighted by Gasteiger charge is -2.36. The number of carboxylic acid groups (broad SMARTS) is 1. The van der Waals surface area contributed by atoms with E-state index in [1.54, 1.807) is 7.11 Å². The standard InChI is InChI=1S/C11H14ClNO.C8H12N2O2/c1-14-10-4-2-3-8(11(10)12)7-13-9-5-6-9;11-8(12)7-2-4-10-5-6(7)1-3-9-10/h2-4,9,13H,5-7H2,1H3;2,6,9H,1,3-5H2,(H,11,12). The van der Waals surface area contributed by atoms with Crippen LogP contribution in [0.3, 0.4) is 0 Å². The van der Waals surface area contributed by atoms with Crippen molar-refractivity contribution in [3.63, 3.8) is 0 Å². The Bertz CT molecular complexity index is 676. The number of hydrogen-bond acceptors (Lipinski definition) is 5. The number of aliphatic carboxylic acids is 1. The fourth-order valence-corrected chi connectivity index (χ4v) is 3.51. The lowest BCUT2D eigenvalue weighted by atomic mass is 9.91. The minimum atomic E-state index is -0.749. The van der Waals surface area contributed by atoms with Gasteiger partial charge >= 0.3 is 5.97 Å². The second kappa shape index (κ2) is 8.86. The molecule has 7 heteroatoms. The molecule has 2 bridgehead atoms. The Hall–Kier alpha value is -1.60. The highest BCUT2D eigenvalue weighted by Gasteiger charge is 2.29. The summed E-state index contributed by atoms with van der Waals surface area (Å²) in [6, 6.07) is 6.58. The number of benzene rings is 1. The maximum atomic E-state index is 10.7. The van der Waals surface area contributed by atoms with Crippen LogP contribution in [0.5, 0.6) is 5.75 Å². The Morgan fingerprint density at radius 1 is 1.42 bits per heavy atom. The van der Waals surface area contributed by atoms with Gasteiger partial charge in [0.25, 0.3) is 0 Å². The summed E-state index contributed by atoms with van der Waals surface area (Å²) in [5.41, 5.74) is 4.92. The second-order valence-electron chi connectivity index (χ2n) is 6.85. The highest BCUT2D eigenvalue weighted by Crippen LogP contribution is 2.28. The van der Waals surface area contributed by atoms with Crippen LogP contribution in [0.25, 0.3) is 0 Å². The highest BCUT2D eigenvalue weighted by molar-refractivity contribution is 6.32. The molecule has 2 heterocycles. The number of nitrogens with one attached hydrogen (secondary N) is 2.